The second kappa shape index (κ2) is 6.18. The number of halogens is 2. The van der Waals surface area contributed by atoms with Gasteiger partial charge in [0.25, 0.3) is 0 Å². The maximum Gasteiger partial charge on any atom is 0.229 e. The molecule has 1 atom stereocenters. The highest BCUT2D eigenvalue weighted by Crippen LogP contribution is 2.45. The predicted molar refractivity (Wildman–Crippen MR) is 96.9 cm³/mol. The third kappa shape index (κ3) is 2.49. The van der Waals surface area contributed by atoms with E-state index in [1.807, 2.05) is 6.07 Å². The van der Waals surface area contributed by atoms with E-state index in [1.165, 1.54) is 30.3 Å². The molecule has 0 radical (unpaired) electrons. The first-order valence-electron chi connectivity index (χ1n) is 7.89. The second-order valence-corrected chi connectivity index (χ2v) is 6.95. The fourth-order valence-corrected chi connectivity index (χ4v) is 3.73. The molecule has 132 valence electrons. The van der Waals surface area contributed by atoms with Crippen LogP contribution < -0.4 is 5.73 Å². The second-order valence-electron chi connectivity index (χ2n) is 6.04. The highest BCUT2D eigenvalue weighted by Gasteiger charge is 2.44. The van der Waals surface area contributed by atoms with E-state index in [0.29, 0.717) is 4.47 Å². The molecule has 0 spiro atoms. The third-order valence-electron chi connectivity index (χ3n) is 4.56. The summed E-state index contributed by atoms with van der Waals surface area (Å²) < 4.78 is 20.5. The van der Waals surface area contributed by atoms with Crippen molar-refractivity contribution < 1.29 is 18.7 Å². The van der Waals surface area contributed by atoms with Crippen molar-refractivity contribution in [3.05, 3.63) is 92.2 Å². The van der Waals surface area contributed by atoms with Gasteiger partial charge in [0.15, 0.2) is 11.5 Å². The Labute approximate surface area is 161 Å². The highest BCUT2D eigenvalue weighted by molar-refractivity contribution is 9.10. The topological polar surface area (TPSA) is 93.2 Å². The van der Waals surface area contributed by atoms with Crippen molar-refractivity contribution in [2.75, 3.05) is 0 Å². The summed E-state index contributed by atoms with van der Waals surface area (Å²) in [6.07, 6.45) is 0. The summed E-state index contributed by atoms with van der Waals surface area (Å²) in [5.74, 6) is -3.37. The van der Waals surface area contributed by atoms with Crippen LogP contribution in [0.2, 0.25) is 0 Å². The van der Waals surface area contributed by atoms with Crippen molar-refractivity contribution in [3.63, 3.8) is 0 Å². The number of hydrogen-bond donors (Lipinski definition) is 1. The zero-order valence-corrected chi connectivity index (χ0v) is 15.2. The molecule has 1 aliphatic heterocycles. The minimum absolute atomic E-state index is 0.0557. The van der Waals surface area contributed by atoms with Crippen molar-refractivity contribution in [2.45, 2.75) is 5.92 Å². The normalized spacial score (nSPS) is 18.6. The first-order chi connectivity index (χ1) is 12.9. The Bertz CT molecular complexity index is 1140. The minimum atomic E-state index is -1.14. The highest BCUT2D eigenvalue weighted by atomic mass is 79.9. The summed E-state index contributed by atoms with van der Waals surface area (Å²) in [7, 11) is 0. The number of fused-ring (bicyclic) bond motifs is 1. The standard InChI is InChI=1S/C20H10BrFN2O3/c21-9-5-6-14(22)12(7-9)15-13(8-23)20(24)27-19-16(15)17(25)10-3-1-2-4-11(10)18(19)26/h1-7,15H,24H2/t15-/m0/s1. The number of Topliss-reactive ketones (excluding diaryl/α,β-unsaturated/α-hetero) is 2. The predicted octanol–water partition coefficient (Wildman–Crippen LogP) is 3.73. The first kappa shape index (κ1) is 17.2. The zero-order chi connectivity index (χ0) is 19.3. The van der Waals surface area contributed by atoms with Gasteiger partial charge >= 0.3 is 0 Å². The van der Waals surface area contributed by atoms with E-state index in [2.05, 4.69) is 15.9 Å². The maximum absolute atomic E-state index is 14.6. The Kier molecular flexibility index (Phi) is 3.93. The van der Waals surface area contributed by atoms with E-state index < -0.39 is 23.3 Å². The Morgan fingerprint density at radius 1 is 1.11 bits per heavy atom. The van der Waals surface area contributed by atoms with Gasteiger partial charge in [-0.1, -0.05) is 40.2 Å². The summed E-state index contributed by atoms with van der Waals surface area (Å²) in [4.78, 5) is 26.0. The van der Waals surface area contributed by atoms with Gasteiger partial charge in [-0.3, -0.25) is 9.59 Å². The SMILES string of the molecule is N#CC1=C(N)OC2=C(C(=O)c3ccccc3C2=O)[C@H]1c1cc(Br)ccc1F. The molecule has 0 aromatic heterocycles. The van der Waals surface area contributed by atoms with Crippen LogP contribution in [0.1, 0.15) is 32.2 Å². The number of nitriles is 1. The van der Waals surface area contributed by atoms with Crippen molar-refractivity contribution >= 4 is 27.5 Å². The lowest BCUT2D eigenvalue weighted by atomic mass is 9.75. The smallest absolute Gasteiger partial charge is 0.229 e. The van der Waals surface area contributed by atoms with Crippen molar-refractivity contribution in [2.24, 2.45) is 5.73 Å². The molecule has 2 aromatic carbocycles. The van der Waals surface area contributed by atoms with Crippen LogP contribution in [0.3, 0.4) is 0 Å². The molecule has 2 N–H and O–H groups in total. The van der Waals surface area contributed by atoms with E-state index >= 15 is 0 Å². The molecular weight excluding hydrogens is 415 g/mol. The van der Waals surface area contributed by atoms with Crippen LogP contribution in [0.15, 0.2) is 69.7 Å². The average molecular weight is 425 g/mol. The molecule has 0 fully saturated rings. The van der Waals surface area contributed by atoms with Gasteiger partial charge in [0.1, 0.15) is 17.5 Å². The van der Waals surface area contributed by atoms with Gasteiger partial charge < -0.3 is 10.5 Å². The lowest BCUT2D eigenvalue weighted by Gasteiger charge is -2.31. The largest absolute Gasteiger partial charge is 0.436 e. The number of hydrogen-bond acceptors (Lipinski definition) is 5. The molecular formula is C20H10BrFN2O3. The number of nitrogens with zero attached hydrogens (tertiary/aromatic N) is 1. The maximum atomic E-state index is 14.6. The number of ether oxygens (including phenoxy) is 1. The number of ketones is 2. The number of carbonyl (C=O) groups excluding carboxylic acids is 2. The molecule has 2 aromatic rings. The summed E-state index contributed by atoms with van der Waals surface area (Å²) >= 11 is 3.26. The summed E-state index contributed by atoms with van der Waals surface area (Å²) in [5.41, 5.74) is 6.06. The summed E-state index contributed by atoms with van der Waals surface area (Å²) in [6, 6.07) is 12.3. The number of rotatable bonds is 1. The van der Waals surface area contributed by atoms with Crippen LogP contribution in [-0.4, -0.2) is 11.6 Å². The van der Waals surface area contributed by atoms with E-state index in [1.54, 1.807) is 12.1 Å². The van der Waals surface area contributed by atoms with Crippen LogP contribution in [0.5, 0.6) is 0 Å². The first-order valence-corrected chi connectivity index (χ1v) is 8.68. The van der Waals surface area contributed by atoms with Gasteiger partial charge in [-0.2, -0.15) is 5.26 Å². The molecule has 4 rings (SSSR count). The van der Waals surface area contributed by atoms with E-state index in [-0.39, 0.29) is 39.5 Å². The van der Waals surface area contributed by atoms with Crippen LogP contribution >= 0.6 is 15.9 Å². The molecule has 0 saturated carbocycles. The van der Waals surface area contributed by atoms with Gasteiger partial charge in [-0.15, -0.1) is 0 Å². The molecule has 2 aliphatic rings. The van der Waals surface area contributed by atoms with Crippen LogP contribution in [0.25, 0.3) is 0 Å². The Balaban J connectivity index is 2.02. The number of benzene rings is 2. The van der Waals surface area contributed by atoms with Gasteiger partial charge in [-0.25, -0.2) is 4.39 Å². The molecule has 7 heteroatoms. The van der Waals surface area contributed by atoms with Crippen LogP contribution in [0.4, 0.5) is 4.39 Å². The fraction of sp³-hybridized carbons (Fsp3) is 0.0500. The van der Waals surface area contributed by atoms with Crippen molar-refractivity contribution in [1.82, 2.24) is 0 Å². The number of nitrogens with two attached hydrogens (primary N) is 1. The molecule has 0 saturated heterocycles. The number of carbonyl (C=O) groups is 2. The molecule has 0 amide bonds. The van der Waals surface area contributed by atoms with Gasteiger partial charge in [0.2, 0.25) is 11.7 Å². The molecule has 5 nitrogen and oxygen atoms in total. The Morgan fingerprint density at radius 3 is 2.44 bits per heavy atom. The van der Waals surface area contributed by atoms with E-state index in [9.17, 15) is 19.2 Å². The van der Waals surface area contributed by atoms with Crippen molar-refractivity contribution in [3.8, 4) is 6.07 Å². The molecule has 0 bridgehead atoms. The summed E-state index contributed by atoms with van der Waals surface area (Å²) in [5, 5.41) is 9.57. The zero-order valence-electron chi connectivity index (χ0n) is 13.6. The van der Waals surface area contributed by atoms with E-state index in [0.717, 1.165) is 0 Å². The van der Waals surface area contributed by atoms with Crippen LogP contribution in [0, 0.1) is 17.1 Å². The van der Waals surface area contributed by atoms with Gasteiger partial charge in [0, 0.05) is 21.2 Å². The lowest BCUT2D eigenvalue weighted by Crippen LogP contribution is -2.32. The minimum Gasteiger partial charge on any atom is -0.436 e. The Hall–Kier alpha value is -3.24. The molecule has 27 heavy (non-hydrogen) atoms. The fourth-order valence-electron chi connectivity index (χ4n) is 3.35. The lowest BCUT2D eigenvalue weighted by molar-refractivity contribution is 0.0897. The Morgan fingerprint density at radius 2 is 1.78 bits per heavy atom. The third-order valence-corrected chi connectivity index (χ3v) is 5.05. The summed E-state index contributed by atoms with van der Waals surface area (Å²) in [6.45, 7) is 0. The quantitative estimate of drug-likeness (QED) is 0.752. The van der Waals surface area contributed by atoms with Crippen molar-refractivity contribution in [1.29, 1.82) is 5.26 Å². The van der Waals surface area contributed by atoms with E-state index in [4.69, 9.17) is 10.5 Å². The molecule has 0 unspecified atom stereocenters. The average Bonchev–Trinajstić information content (AvgIpc) is 2.67. The molecule has 1 aliphatic carbocycles. The van der Waals surface area contributed by atoms with Crippen LogP contribution in [-0.2, 0) is 4.74 Å². The molecule has 1 heterocycles. The van der Waals surface area contributed by atoms with Gasteiger partial charge in [0.05, 0.1) is 11.5 Å². The number of allylic oxidation sites excluding steroid dienone is 3. The van der Waals surface area contributed by atoms with Gasteiger partial charge in [-0.05, 0) is 18.2 Å². The monoisotopic (exact) mass is 424 g/mol.